The van der Waals surface area contributed by atoms with Gasteiger partial charge < -0.3 is 9.88 Å². The number of pyridine rings is 1. The van der Waals surface area contributed by atoms with Gasteiger partial charge in [0.2, 0.25) is 0 Å². The second-order valence-electron chi connectivity index (χ2n) is 6.39. The lowest BCUT2D eigenvalue weighted by Crippen LogP contribution is -2.26. The molecule has 0 saturated carbocycles. The highest BCUT2D eigenvalue weighted by molar-refractivity contribution is 5.80. The number of benzene rings is 1. The van der Waals surface area contributed by atoms with Gasteiger partial charge in [-0.25, -0.2) is 4.98 Å². The Morgan fingerprint density at radius 3 is 2.62 bits per heavy atom. The van der Waals surface area contributed by atoms with Crippen molar-refractivity contribution in [3.8, 4) is 11.3 Å². The molecule has 3 aromatic rings. The highest BCUT2D eigenvalue weighted by Crippen LogP contribution is 2.27. The molecule has 0 atom stereocenters. The van der Waals surface area contributed by atoms with Crippen molar-refractivity contribution < 1.29 is 0 Å². The molecule has 4 rings (SSSR count). The van der Waals surface area contributed by atoms with Gasteiger partial charge in [-0.05, 0) is 43.5 Å². The van der Waals surface area contributed by atoms with Crippen molar-refractivity contribution in [1.29, 1.82) is 0 Å². The van der Waals surface area contributed by atoms with Crippen molar-refractivity contribution >= 4 is 10.9 Å². The fourth-order valence-corrected chi connectivity index (χ4v) is 3.35. The highest BCUT2D eigenvalue weighted by atomic mass is 16.1. The van der Waals surface area contributed by atoms with Crippen LogP contribution in [0.3, 0.4) is 0 Å². The summed E-state index contributed by atoms with van der Waals surface area (Å²) in [6.07, 6.45) is 5.57. The molecule has 0 spiro atoms. The molecule has 0 aliphatic carbocycles. The van der Waals surface area contributed by atoms with Gasteiger partial charge in [-0.15, -0.1) is 0 Å². The molecule has 1 aliphatic rings. The van der Waals surface area contributed by atoms with Gasteiger partial charge in [0.05, 0.1) is 22.9 Å². The van der Waals surface area contributed by atoms with Crippen LogP contribution in [0, 0.1) is 0 Å². The predicted octanol–water partition coefficient (Wildman–Crippen LogP) is 2.46. The Hall–Kier alpha value is -2.53. The summed E-state index contributed by atoms with van der Waals surface area (Å²) in [5.74, 6) is 0.648. The van der Waals surface area contributed by atoms with E-state index in [-0.39, 0.29) is 5.56 Å². The molecule has 0 bridgehead atoms. The van der Waals surface area contributed by atoms with Crippen LogP contribution in [-0.2, 0) is 7.05 Å². The Morgan fingerprint density at radius 1 is 1.12 bits per heavy atom. The largest absolute Gasteiger partial charge is 0.317 e. The van der Waals surface area contributed by atoms with E-state index in [0.29, 0.717) is 16.8 Å². The van der Waals surface area contributed by atoms with E-state index in [1.54, 1.807) is 19.6 Å². The monoisotopic (exact) mass is 320 g/mol. The maximum absolute atomic E-state index is 12.1. The molecule has 1 N–H and O–H groups in total. The number of hydrogen-bond donors (Lipinski definition) is 1. The van der Waals surface area contributed by atoms with Gasteiger partial charge in [-0.3, -0.25) is 9.78 Å². The second kappa shape index (κ2) is 6.17. The minimum Gasteiger partial charge on any atom is -0.317 e. The third-order valence-corrected chi connectivity index (χ3v) is 4.82. The van der Waals surface area contributed by atoms with E-state index in [1.165, 1.54) is 23.0 Å². The predicted molar refractivity (Wildman–Crippen MR) is 95.1 cm³/mol. The Morgan fingerprint density at radius 2 is 1.88 bits per heavy atom. The zero-order valence-electron chi connectivity index (χ0n) is 13.7. The van der Waals surface area contributed by atoms with Crippen LogP contribution in [-0.4, -0.2) is 27.6 Å². The summed E-state index contributed by atoms with van der Waals surface area (Å²) in [4.78, 5) is 20.9. The van der Waals surface area contributed by atoms with Gasteiger partial charge in [0.15, 0.2) is 0 Å². The van der Waals surface area contributed by atoms with Gasteiger partial charge in [0.25, 0.3) is 5.56 Å². The van der Waals surface area contributed by atoms with Crippen molar-refractivity contribution in [3.63, 3.8) is 0 Å². The molecular weight excluding hydrogens is 300 g/mol. The minimum atomic E-state index is -0.0692. The summed E-state index contributed by atoms with van der Waals surface area (Å²) in [5.41, 5.74) is 3.91. The van der Waals surface area contributed by atoms with E-state index in [4.69, 9.17) is 0 Å². The number of rotatable bonds is 2. The van der Waals surface area contributed by atoms with Crippen LogP contribution in [0.15, 0.2) is 47.7 Å². The third kappa shape index (κ3) is 2.71. The van der Waals surface area contributed by atoms with E-state index < -0.39 is 0 Å². The average Bonchev–Trinajstić information content (AvgIpc) is 2.65. The van der Waals surface area contributed by atoms with E-state index in [0.717, 1.165) is 24.3 Å². The first kappa shape index (κ1) is 15.0. The maximum atomic E-state index is 12.1. The van der Waals surface area contributed by atoms with Crippen molar-refractivity contribution in [3.05, 3.63) is 58.8 Å². The van der Waals surface area contributed by atoms with Crippen molar-refractivity contribution in [2.45, 2.75) is 18.8 Å². The zero-order valence-corrected chi connectivity index (χ0v) is 13.7. The van der Waals surface area contributed by atoms with Crippen LogP contribution in [0.1, 0.15) is 24.3 Å². The quantitative estimate of drug-likeness (QED) is 0.788. The number of hydrogen-bond acceptors (Lipinski definition) is 4. The number of nitrogens with one attached hydrogen (secondary N) is 1. The molecule has 0 amide bonds. The molecule has 122 valence electrons. The molecule has 1 saturated heterocycles. The summed E-state index contributed by atoms with van der Waals surface area (Å²) in [7, 11) is 1.70. The van der Waals surface area contributed by atoms with Gasteiger partial charge in [-0.1, -0.05) is 24.3 Å². The van der Waals surface area contributed by atoms with Crippen LogP contribution in [0.5, 0.6) is 0 Å². The molecular formula is C19H20N4O. The second-order valence-corrected chi connectivity index (χ2v) is 6.39. The number of aryl methyl sites for hydroxylation is 1. The lowest BCUT2D eigenvalue weighted by molar-refractivity contribution is 0.460. The maximum Gasteiger partial charge on any atom is 0.262 e. The molecule has 24 heavy (non-hydrogen) atoms. The molecule has 1 aliphatic heterocycles. The summed E-state index contributed by atoms with van der Waals surface area (Å²) in [6, 6.07) is 10.5. The SMILES string of the molecule is Cn1cnc2cc(-c3ccc(C4CCNCC4)cc3)ncc2c1=O. The van der Waals surface area contributed by atoms with Gasteiger partial charge in [0.1, 0.15) is 0 Å². The topological polar surface area (TPSA) is 59.8 Å². The van der Waals surface area contributed by atoms with Crippen LogP contribution >= 0.6 is 0 Å². The van der Waals surface area contributed by atoms with Gasteiger partial charge >= 0.3 is 0 Å². The van der Waals surface area contributed by atoms with E-state index >= 15 is 0 Å². The molecule has 0 unspecified atom stereocenters. The van der Waals surface area contributed by atoms with Crippen molar-refractivity contribution in [1.82, 2.24) is 19.9 Å². The first-order chi connectivity index (χ1) is 11.7. The Bertz CT molecular complexity index is 924. The van der Waals surface area contributed by atoms with Gasteiger partial charge in [-0.2, -0.15) is 0 Å². The molecule has 5 heteroatoms. The van der Waals surface area contributed by atoms with E-state index in [9.17, 15) is 4.79 Å². The lowest BCUT2D eigenvalue weighted by atomic mass is 9.89. The van der Waals surface area contributed by atoms with E-state index in [2.05, 4.69) is 39.6 Å². The number of nitrogens with zero attached hydrogens (tertiary/aromatic N) is 3. The van der Waals surface area contributed by atoms with Crippen LogP contribution in [0.4, 0.5) is 0 Å². The number of aromatic nitrogens is 3. The molecule has 2 aromatic heterocycles. The summed E-state index contributed by atoms with van der Waals surface area (Å²) < 4.78 is 1.47. The van der Waals surface area contributed by atoms with E-state index in [1.807, 2.05) is 6.07 Å². The standard InChI is InChI=1S/C19H20N4O/c1-23-12-22-18-10-17(21-11-16(18)19(23)24)15-4-2-13(3-5-15)14-6-8-20-9-7-14/h2-5,10-12,14,20H,6-9H2,1H3. The first-order valence-electron chi connectivity index (χ1n) is 8.35. The molecule has 1 fully saturated rings. The number of piperidine rings is 1. The lowest BCUT2D eigenvalue weighted by Gasteiger charge is -2.23. The molecule has 0 radical (unpaired) electrons. The molecule has 3 heterocycles. The Labute approximate surface area is 140 Å². The fourth-order valence-electron chi connectivity index (χ4n) is 3.35. The fraction of sp³-hybridized carbons (Fsp3) is 0.316. The summed E-state index contributed by atoms with van der Waals surface area (Å²) in [5, 5.41) is 3.95. The zero-order chi connectivity index (χ0) is 16.5. The van der Waals surface area contributed by atoms with Crippen LogP contribution in [0.25, 0.3) is 22.2 Å². The number of fused-ring (bicyclic) bond motifs is 1. The Balaban J connectivity index is 1.67. The summed E-state index contributed by atoms with van der Waals surface area (Å²) >= 11 is 0. The highest BCUT2D eigenvalue weighted by Gasteiger charge is 2.15. The molecule has 1 aromatic carbocycles. The Kier molecular flexibility index (Phi) is 3.86. The first-order valence-corrected chi connectivity index (χ1v) is 8.35. The smallest absolute Gasteiger partial charge is 0.262 e. The normalized spacial score (nSPS) is 15.7. The van der Waals surface area contributed by atoms with Crippen LogP contribution < -0.4 is 10.9 Å². The summed E-state index contributed by atoms with van der Waals surface area (Å²) in [6.45, 7) is 2.19. The minimum absolute atomic E-state index is 0.0692. The average molecular weight is 320 g/mol. The van der Waals surface area contributed by atoms with Crippen molar-refractivity contribution in [2.75, 3.05) is 13.1 Å². The third-order valence-electron chi connectivity index (χ3n) is 4.82. The van der Waals surface area contributed by atoms with Crippen LogP contribution in [0.2, 0.25) is 0 Å². The molecule has 5 nitrogen and oxygen atoms in total. The van der Waals surface area contributed by atoms with Gasteiger partial charge in [0, 0.05) is 18.8 Å². The van der Waals surface area contributed by atoms with Crippen molar-refractivity contribution in [2.24, 2.45) is 7.05 Å².